The van der Waals surface area contributed by atoms with E-state index in [1.54, 1.807) is 6.08 Å². The lowest BCUT2D eigenvalue weighted by molar-refractivity contribution is -0.138. The van der Waals surface area contributed by atoms with E-state index in [1.807, 2.05) is 48.5 Å². The number of unbranched alkanes of at least 4 members (excludes halogenated alkanes) is 3. The largest absolute Gasteiger partial charge is 0.494 e. The molecule has 2 aromatic carbocycles. The molecule has 0 N–H and O–H groups in total. The Morgan fingerprint density at radius 1 is 0.775 bits per heavy atom. The van der Waals surface area contributed by atoms with Crippen LogP contribution in [0.4, 0.5) is 0 Å². The van der Waals surface area contributed by atoms with Crippen LogP contribution in [0.15, 0.2) is 84.3 Å². The Morgan fingerprint density at radius 2 is 1.35 bits per heavy atom. The van der Waals surface area contributed by atoms with E-state index < -0.39 is 0 Å². The van der Waals surface area contributed by atoms with Crippen LogP contribution in [0, 0.1) is 0 Å². The van der Waals surface area contributed by atoms with E-state index in [1.165, 1.54) is 23.1 Å². The Kier molecular flexibility index (Phi) is 12.8. The van der Waals surface area contributed by atoms with Crippen molar-refractivity contribution in [2.24, 2.45) is 0 Å². The highest BCUT2D eigenvalue weighted by atomic mass is 32.2. The van der Waals surface area contributed by atoms with Crippen molar-refractivity contribution in [2.45, 2.75) is 37.0 Å². The van der Waals surface area contributed by atoms with Crippen LogP contribution in [-0.4, -0.2) is 54.2 Å². The fraction of sp³-hybridized carbons (Fsp3) is 0.290. The lowest BCUT2D eigenvalue weighted by atomic mass is 10.2. The summed E-state index contributed by atoms with van der Waals surface area (Å²) in [6.45, 7) is 5.07. The Morgan fingerprint density at radius 3 is 1.98 bits per heavy atom. The third-order valence-electron chi connectivity index (χ3n) is 5.75. The molecule has 0 radical (unpaired) electrons. The number of imide groups is 1. The van der Waals surface area contributed by atoms with Gasteiger partial charge in [0.25, 0.3) is 11.8 Å². The molecule has 2 aromatic rings. The predicted octanol–water partition coefficient (Wildman–Crippen LogP) is 5.38. The second kappa shape index (κ2) is 16.8. The molecule has 1 aliphatic rings. The van der Waals surface area contributed by atoms with Crippen LogP contribution in [0.1, 0.15) is 37.7 Å². The number of hydrogen-bond donors (Lipinski definition) is 0. The number of esters is 1. The molecule has 0 saturated carbocycles. The van der Waals surface area contributed by atoms with E-state index in [2.05, 4.69) is 6.58 Å². The van der Waals surface area contributed by atoms with Gasteiger partial charge >= 0.3 is 5.97 Å². The molecule has 0 unspecified atom stereocenters. The zero-order chi connectivity index (χ0) is 28.6. The Bertz CT molecular complexity index is 1200. The van der Waals surface area contributed by atoms with Gasteiger partial charge in [0.05, 0.1) is 19.8 Å². The van der Waals surface area contributed by atoms with Gasteiger partial charge in [-0.3, -0.25) is 19.3 Å². The molecule has 0 atom stereocenters. The number of carbonyl (C=O) groups is 4. The fourth-order valence-electron chi connectivity index (χ4n) is 3.64. The van der Waals surface area contributed by atoms with E-state index in [4.69, 9.17) is 14.2 Å². The van der Waals surface area contributed by atoms with Crippen LogP contribution in [0.25, 0.3) is 6.08 Å². The lowest BCUT2D eigenvalue weighted by Gasteiger charge is -2.13. The molecule has 0 aliphatic carbocycles. The fourth-order valence-corrected chi connectivity index (χ4v) is 4.28. The summed E-state index contributed by atoms with van der Waals surface area (Å²) < 4.78 is 16.4. The molecule has 0 bridgehead atoms. The Labute approximate surface area is 238 Å². The van der Waals surface area contributed by atoms with E-state index in [-0.39, 0.29) is 22.9 Å². The van der Waals surface area contributed by atoms with Crippen LogP contribution in [0.5, 0.6) is 11.5 Å². The molecule has 40 heavy (non-hydrogen) atoms. The van der Waals surface area contributed by atoms with Gasteiger partial charge in [0.1, 0.15) is 11.5 Å². The summed E-state index contributed by atoms with van der Waals surface area (Å²) in [7, 11) is 0. The highest BCUT2D eigenvalue weighted by Crippen LogP contribution is 2.23. The SMILES string of the molecule is C=CC(=O)OCCCCCCOc1ccc(SC(=O)/C=C/c2ccc(OCCCN3C(=O)C=CC3=O)cc2)cc1. The smallest absolute Gasteiger partial charge is 0.330 e. The number of hydrogen-bond acceptors (Lipinski definition) is 8. The van der Waals surface area contributed by atoms with Gasteiger partial charge in [0, 0.05) is 29.7 Å². The summed E-state index contributed by atoms with van der Waals surface area (Å²) in [6.07, 6.45) is 11.2. The first-order valence-corrected chi connectivity index (χ1v) is 13.9. The van der Waals surface area contributed by atoms with Gasteiger partial charge in [0.2, 0.25) is 5.12 Å². The standard InChI is InChI=1S/C31H33NO7S/c1-2-30(35)39-22-6-4-3-5-21-37-26-13-15-27(16-14-26)40-31(36)19-10-24-8-11-25(12-9-24)38-23-7-20-32-28(33)17-18-29(32)34/h2,8-19H,1,3-7,20-23H2/b19-10+. The summed E-state index contributed by atoms with van der Waals surface area (Å²) in [6, 6.07) is 14.7. The summed E-state index contributed by atoms with van der Waals surface area (Å²) in [5.74, 6) is 0.455. The van der Waals surface area contributed by atoms with Crippen molar-refractivity contribution in [1.29, 1.82) is 0 Å². The summed E-state index contributed by atoms with van der Waals surface area (Å²) >= 11 is 1.14. The Hall–Kier alpha value is -4.11. The van der Waals surface area contributed by atoms with Crippen LogP contribution in [0.3, 0.4) is 0 Å². The number of carbonyl (C=O) groups excluding carboxylic acids is 4. The van der Waals surface area contributed by atoms with E-state index >= 15 is 0 Å². The molecule has 2 amide bonds. The molecule has 0 spiro atoms. The molecular weight excluding hydrogens is 530 g/mol. The number of benzene rings is 2. The minimum absolute atomic E-state index is 0.0896. The van der Waals surface area contributed by atoms with Crippen molar-refractivity contribution < 1.29 is 33.4 Å². The molecule has 0 saturated heterocycles. The minimum atomic E-state index is -0.389. The quantitative estimate of drug-likeness (QED) is 0.0832. The van der Waals surface area contributed by atoms with Gasteiger partial charge < -0.3 is 14.2 Å². The molecule has 9 heteroatoms. The zero-order valence-corrected chi connectivity index (χ0v) is 23.1. The summed E-state index contributed by atoms with van der Waals surface area (Å²) in [5.41, 5.74) is 0.863. The van der Waals surface area contributed by atoms with Crippen LogP contribution < -0.4 is 9.47 Å². The summed E-state index contributed by atoms with van der Waals surface area (Å²) in [5, 5.41) is -0.0896. The van der Waals surface area contributed by atoms with Crippen molar-refractivity contribution in [3.8, 4) is 11.5 Å². The number of nitrogens with zero attached hydrogens (tertiary/aromatic N) is 1. The Balaban J connectivity index is 1.29. The first-order chi connectivity index (χ1) is 19.4. The second-order valence-electron chi connectivity index (χ2n) is 8.79. The van der Waals surface area contributed by atoms with Crippen molar-refractivity contribution in [3.63, 3.8) is 0 Å². The topological polar surface area (TPSA) is 99.2 Å². The maximum atomic E-state index is 12.4. The molecule has 8 nitrogen and oxygen atoms in total. The van der Waals surface area contributed by atoms with Crippen molar-refractivity contribution in [3.05, 3.63) is 85.0 Å². The lowest BCUT2D eigenvalue weighted by Crippen LogP contribution is -2.31. The number of amides is 2. The highest BCUT2D eigenvalue weighted by Gasteiger charge is 2.22. The van der Waals surface area contributed by atoms with Crippen molar-refractivity contribution >= 4 is 40.7 Å². The number of ether oxygens (including phenoxy) is 3. The predicted molar refractivity (Wildman–Crippen MR) is 154 cm³/mol. The summed E-state index contributed by atoms with van der Waals surface area (Å²) in [4.78, 5) is 48.4. The monoisotopic (exact) mass is 563 g/mol. The van der Waals surface area contributed by atoms with E-state index in [0.29, 0.717) is 38.5 Å². The molecule has 1 heterocycles. The third kappa shape index (κ3) is 10.9. The average Bonchev–Trinajstić information content (AvgIpc) is 3.29. The van der Waals surface area contributed by atoms with Crippen LogP contribution >= 0.6 is 11.8 Å². The van der Waals surface area contributed by atoms with Gasteiger partial charge in [-0.25, -0.2) is 4.79 Å². The third-order valence-corrected chi connectivity index (χ3v) is 6.59. The van der Waals surface area contributed by atoms with Crippen molar-refractivity contribution in [1.82, 2.24) is 4.90 Å². The maximum Gasteiger partial charge on any atom is 0.330 e. The molecular formula is C31H33NO7S. The van der Waals surface area contributed by atoms with Gasteiger partial charge in [-0.2, -0.15) is 0 Å². The maximum absolute atomic E-state index is 12.4. The first-order valence-electron chi connectivity index (χ1n) is 13.1. The van der Waals surface area contributed by atoms with E-state index in [0.717, 1.165) is 59.7 Å². The molecule has 0 fully saturated rings. The van der Waals surface area contributed by atoms with Gasteiger partial charge in [0.15, 0.2) is 0 Å². The van der Waals surface area contributed by atoms with Gasteiger partial charge in [-0.1, -0.05) is 24.8 Å². The van der Waals surface area contributed by atoms with Crippen molar-refractivity contribution in [2.75, 3.05) is 26.4 Å². The normalized spacial score (nSPS) is 12.7. The molecule has 210 valence electrons. The van der Waals surface area contributed by atoms with Crippen LogP contribution in [0.2, 0.25) is 0 Å². The molecule has 1 aliphatic heterocycles. The second-order valence-corrected chi connectivity index (χ2v) is 9.87. The number of rotatable bonds is 17. The molecule has 0 aromatic heterocycles. The first kappa shape index (κ1) is 30.4. The molecule has 3 rings (SSSR count). The minimum Gasteiger partial charge on any atom is -0.494 e. The highest BCUT2D eigenvalue weighted by molar-refractivity contribution is 8.14. The van der Waals surface area contributed by atoms with Gasteiger partial charge in [-0.05, 0) is 91.9 Å². The van der Waals surface area contributed by atoms with E-state index in [9.17, 15) is 19.2 Å². The number of thioether (sulfide) groups is 1. The van der Waals surface area contributed by atoms with Gasteiger partial charge in [-0.15, -0.1) is 0 Å². The zero-order valence-electron chi connectivity index (χ0n) is 22.3. The van der Waals surface area contributed by atoms with Crippen LogP contribution in [-0.2, 0) is 23.9 Å². The average molecular weight is 564 g/mol.